The van der Waals surface area contributed by atoms with Crippen LogP contribution in [0.4, 0.5) is 0 Å². The number of esters is 1. The molecule has 3 N–H and O–H groups in total. The minimum atomic E-state index is -0.625. The number of halogens is 2. The molecule has 4 rings (SSSR count). The van der Waals surface area contributed by atoms with Crippen LogP contribution in [0.2, 0.25) is 10.0 Å². The number of hydrogen-bond acceptors (Lipinski definition) is 6. The van der Waals surface area contributed by atoms with E-state index >= 15 is 0 Å². The summed E-state index contributed by atoms with van der Waals surface area (Å²) in [5.41, 5.74) is 7.75. The molecule has 0 aliphatic carbocycles. The van der Waals surface area contributed by atoms with Crippen molar-refractivity contribution >= 4 is 39.9 Å². The Balaban J connectivity index is 1.94. The van der Waals surface area contributed by atoms with Crippen LogP contribution in [0.25, 0.3) is 10.8 Å². The maximum absolute atomic E-state index is 12.1. The highest BCUT2D eigenvalue weighted by Crippen LogP contribution is 2.47. The fourth-order valence-electron chi connectivity index (χ4n) is 3.68. The Bertz CT molecular complexity index is 1310. The lowest BCUT2D eigenvalue weighted by molar-refractivity contribution is 0.0523. The fraction of sp³-hybridized carbons (Fsp3) is 0.130. The third kappa shape index (κ3) is 3.52. The monoisotopic (exact) mass is 454 g/mol. The first-order valence-corrected chi connectivity index (χ1v) is 10.1. The van der Waals surface area contributed by atoms with E-state index in [2.05, 4.69) is 6.07 Å². The molecule has 6 nitrogen and oxygen atoms in total. The normalized spacial score (nSPS) is 15.2. The number of benzene rings is 3. The number of rotatable bonds is 3. The minimum Gasteiger partial charge on any atom is -0.507 e. The van der Waals surface area contributed by atoms with Gasteiger partial charge in [-0.05, 0) is 42.1 Å². The molecular formula is C23H16Cl2N2O4. The van der Waals surface area contributed by atoms with Gasteiger partial charge in [-0.2, -0.15) is 5.26 Å². The van der Waals surface area contributed by atoms with Crippen molar-refractivity contribution in [2.24, 2.45) is 5.73 Å². The van der Waals surface area contributed by atoms with Crippen LogP contribution < -0.4 is 10.5 Å². The molecule has 0 saturated heterocycles. The van der Waals surface area contributed by atoms with Gasteiger partial charge in [-0.15, -0.1) is 0 Å². The quantitative estimate of drug-likeness (QED) is 0.523. The second-order valence-corrected chi connectivity index (χ2v) is 7.71. The summed E-state index contributed by atoms with van der Waals surface area (Å²) in [4.78, 5) is 12.1. The van der Waals surface area contributed by atoms with Gasteiger partial charge >= 0.3 is 5.97 Å². The predicted molar refractivity (Wildman–Crippen MR) is 117 cm³/mol. The predicted octanol–water partition coefficient (Wildman–Crippen LogP) is 5.25. The summed E-state index contributed by atoms with van der Waals surface area (Å²) >= 11 is 12.3. The number of aromatic hydroxyl groups is 1. The van der Waals surface area contributed by atoms with E-state index in [9.17, 15) is 15.2 Å². The average Bonchev–Trinajstić information content (AvgIpc) is 2.74. The van der Waals surface area contributed by atoms with Gasteiger partial charge in [-0.3, -0.25) is 0 Å². The number of phenols is 1. The van der Waals surface area contributed by atoms with Gasteiger partial charge in [0, 0.05) is 10.9 Å². The van der Waals surface area contributed by atoms with Crippen LogP contribution in [0.5, 0.6) is 11.5 Å². The van der Waals surface area contributed by atoms with Gasteiger partial charge in [0.2, 0.25) is 5.88 Å². The van der Waals surface area contributed by atoms with E-state index in [0.717, 1.165) is 0 Å². The summed E-state index contributed by atoms with van der Waals surface area (Å²) in [6.45, 7) is 1.87. The third-order valence-electron chi connectivity index (χ3n) is 5.09. The zero-order valence-corrected chi connectivity index (χ0v) is 17.8. The summed E-state index contributed by atoms with van der Waals surface area (Å²) in [6, 6.07) is 13.7. The molecule has 1 unspecified atom stereocenters. The lowest BCUT2D eigenvalue weighted by Crippen LogP contribution is -2.21. The van der Waals surface area contributed by atoms with Gasteiger partial charge in [-0.1, -0.05) is 41.4 Å². The van der Waals surface area contributed by atoms with E-state index in [0.29, 0.717) is 37.7 Å². The Morgan fingerprint density at radius 1 is 1.23 bits per heavy atom. The van der Waals surface area contributed by atoms with Crippen molar-refractivity contribution in [1.82, 2.24) is 0 Å². The Kier molecular flexibility index (Phi) is 5.40. The Hall–Kier alpha value is -3.40. The van der Waals surface area contributed by atoms with E-state index in [1.165, 1.54) is 12.1 Å². The maximum atomic E-state index is 12.1. The molecule has 3 aromatic rings. The Morgan fingerprint density at radius 2 is 2.00 bits per heavy atom. The molecule has 0 radical (unpaired) electrons. The summed E-state index contributed by atoms with van der Waals surface area (Å²) < 4.78 is 10.8. The number of nitriles is 1. The third-order valence-corrected chi connectivity index (χ3v) is 5.83. The molecule has 0 spiro atoms. The molecule has 1 atom stereocenters. The van der Waals surface area contributed by atoms with Crippen molar-refractivity contribution in [3.63, 3.8) is 0 Å². The van der Waals surface area contributed by atoms with Gasteiger partial charge in [0.05, 0.1) is 22.6 Å². The van der Waals surface area contributed by atoms with Gasteiger partial charge in [0.15, 0.2) is 0 Å². The van der Waals surface area contributed by atoms with Gasteiger partial charge in [-0.25, -0.2) is 4.79 Å². The Labute approximate surface area is 188 Å². The summed E-state index contributed by atoms with van der Waals surface area (Å²) in [5, 5.41) is 22.1. The van der Waals surface area contributed by atoms with E-state index in [1.54, 1.807) is 37.3 Å². The highest BCUT2D eigenvalue weighted by Gasteiger charge is 2.32. The number of carbonyl (C=O) groups is 1. The number of fused-ring (bicyclic) bond motifs is 3. The molecule has 156 valence electrons. The SMILES string of the molecule is CCOC(=O)c1cc2ccc3c(c2cc1O)OC(N)=C(C#N)C3c1ccc(Cl)c(Cl)c1. The number of nitrogens with two attached hydrogens (primary N) is 1. The van der Waals surface area contributed by atoms with E-state index < -0.39 is 11.9 Å². The number of ether oxygens (including phenoxy) is 2. The standard InChI is InChI=1S/C23H16Cl2N2O4/c1-2-30-23(29)15-7-11-3-5-13-20(12-4-6-17(24)18(25)8-12)16(10-26)22(27)31-21(13)14(11)9-19(15)28/h3-9,20,28H,2,27H2,1H3. The van der Waals surface area contributed by atoms with E-state index in [1.807, 2.05) is 0 Å². The molecule has 0 aromatic heterocycles. The first kappa shape index (κ1) is 20.9. The number of carbonyl (C=O) groups excluding carboxylic acids is 1. The molecule has 1 heterocycles. The molecule has 0 saturated carbocycles. The van der Waals surface area contributed by atoms with Crippen LogP contribution in [-0.4, -0.2) is 17.7 Å². The molecular weight excluding hydrogens is 439 g/mol. The fourth-order valence-corrected chi connectivity index (χ4v) is 3.99. The van der Waals surface area contributed by atoms with Gasteiger partial charge < -0.3 is 20.3 Å². The number of nitrogens with zero attached hydrogens (tertiary/aromatic N) is 1. The van der Waals surface area contributed by atoms with Crippen molar-refractivity contribution in [2.75, 3.05) is 6.61 Å². The topological polar surface area (TPSA) is 106 Å². The first-order chi connectivity index (χ1) is 14.8. The van der Waals surface area contributed by atoms with Crippen LogP contribution >= 0.6 is 23.2 Å². The minimum absolute atomic E-state index is 0.0485. The van der Waals surface area contributed by atoms with Crippen LogP contribution in [0.15, 0.2) is 53.9 Å². The molecule has 3 aromatic carbocycles. The second-order valence-electron chi connectivity index (χ2n) is 6.89. The molecule has 1 aliphatic heterocycles. The van der Waals surface area contributed by atoms with E-state index in [-0.39, 0.29) is 29.4 Å². The largest absolute Gasteiger partial charge is 0.507 e. The van der Waals surface area contributed by atoms with Crippen molar-refractivity contribution in [3.8, 4) is 17.6 Å². The number of hydrogen-bond donors (Lipinski definition) is 2. The van der Waals surface area contributed by atoms with Crippen LogP contribution in [0.3, 0.4) is 0 Å². The number of phenolic OH excluding ortho intramolecular Hbond substituents is 1. The van der Waals surface area contributed by atoms with Crippen LogP contribution in [-0.2, 0) is 4.74 Å². The highest BCUT2D eigenvalue weighted by atomic mass is 35.5. The zero-order valence-electron chi connectivity index (χ0n) is 16.3. The summed E-state index contributed by atoms with van der Waals surface area (Å²) in [6.07, 6.45) is 0. The van der Waals surface area contributed by atoms with Crippen molar-refractivity contribution in [2.45, 2.75) is 12.8 Å². The molecule has 8 heteroatoms. The molecule has 0 amide bonds. The molecule has 31 heavy (non-hydrogen) atoms. The Morgan fingerprint density at radius 3 is 2.68 bits per heavy atom. The lowest BCUT2D eigenvalue weighted by atomic mass is 9.82. The maximum Gasteiger partial charge on any atom is 0.341 e. The lowest BCUT2D eigenvalue weighted by Gasteiger charge is -2.27. The smallest absolute Gasteiger partial charge is 0.341 e. The zero-order chi connectivity index (χ0) is 22.3. The molecule has 0 bridgehead atoms. The van der Waals surface area contributed by atoms with Crippen LogP contribution in [0.1, 0.15) is 34.3 Å². The van der Waals surface area contributed by atoms with Crippen LogP contribution in [0, 0.1) is 11.3 Å². The molecule has 1 aliphatic rings. The van der Waals surface area contributed by atoms with Gasteiger partial charge in [0.1, 0.15) is 28.7 Å². The summed E-state index contributed by atoms with van der Waals surface area (Å²) in [7, 11) is 0. The second kappa shape index (κ2) is 8.03. The first-order valence-electron chi connectivity index (χ1n) is 9.35. The molecule has 0 fully saturated rings. The highest BCUT2D eigenvalue weighted by molar-refractivity contribution is 6.42. The van der Waals surface area contributed by atoms with Gasteiger partial charge in [0.25, 0.3) is 0 Å². The average molecular weight is 455 g/mol. The van der Waals surface area contributed by atoms with Crippen molar-refractivity contribution < 1.29 is 19.4 Å². The summed E-state index contributed by atoms with van der Waals surface area (Å²) in [5.74, 6) is -1.08. The number of allylic oxidation sites excluding steroid dienone is 1. The van der Waals surface area contributed by atoms with E-state index in [4.69, 9.17) is 38.4 Å². The van der Waals surface area contributed by atoms with Crippen molar-refractivity contribution in [1.29, 1.82) is 5.26 Å². The van der Waals surface area contributed by atoms with Crippen molar-refractivity contribution in [3.05, 3.63) is 80.7 Å².